The van der Waals surface area contributed by atoms with Crippen LogP contribution < -0.4 is 16.0 Å². The summed E-state index contributed by atoms with van der Waals surface area (Å²) in [5.74, 6) is -0.0789. The first-order chi connectivity index (χ1) is 11.7. The first-order valence-corrected chi connectivity index (χ1v) is 8.12. The SMILES string of the molecule is O=C1Cc2cc(NC(=O)C3(n4cccn4)CCNCC3)ccc2N1. The number of amides is 2. The highest BCUT2D eigenvalue weighted by atomic mass is 16.2. The molecule has 4 rings (SSSR count). The van der Waals surface area contributed by atoms with Gasteiger partial charge in [-0.25, -0.2) is 0 Å². The lowest BCUT2D eigenvalue weighted by molar-refractivity contribution is -0.126. The van der Waals surface area contributed by atoms with Crippen LogP contribution in [0.1, 0.15) is 18.4 Å². The summed E-state index contributed by atoms with van der Waals surface area (Å²) >= 11 is 0. The van der Waals surface area contributed by atoms with Gasteiger partial charge >= 0.3 is 0 Å². The van der Waals surface area contributed by atoms with Gasteiger partial charge < -0.3 is 16.0 Å². The molecule has 2 aliphatic heterocycles. The summed E-state index contributed by atoms with van der Waals surface area (Å²) in [5.41, 5.74) is 1.76. The first-order valence-electron chi connectivity index (χ1n) is 8.12. The van der Waals surface area contributed by atoms with Gasteiger partial charge in [-0.05, 0) is 55.8 Å². The lowest BCUT2D eigenvalue weighted by Gasteiger charge is -2.36. The molecule has 0 radical (unpaired) electrons. The maximum Gasteiger partial charge on any atom is 0.252 e. The number of nitrogens with zero attached hydrogens (tertiary/aromatic N) is 2. The molecule has 0 unspecified atom stereocenters. The molecule has 0 aliphatic carbocycles. The second kappa shape index (κ2) is 5.76. The Balaban J connectivity index is 1.60. The molecule has 7 nitrogen and oxygen atoms in total. The molecule has 1 fully saturated rings. The first kappa shape index (κ1) is 14.9. The van der Waals surface area contributed by atoms with E-state index in [9.17, 15) is 9.59 Å². The van der Waals surface area contributed by atoms with E-state index in [0.717, 1.165) is 24.3 Å². The van der Waals surface area contributed by atoms with Gasteiger partial charge in [-0.1, -0.05) is 0 Å². The summed E-state index contributed by atoms with van der Waals surface area (Å²) in [5, 5.41) is 13.4. The number of carbonyl (C=O) groups excluding carboxylic acids is 2. The molecule has 3 heterocycles. The van der Waals surface area contributed by atoms with Crippen molar-refractivity contribution in [2.75, 3.05) is 23.7 Å². The molecule has 24 heavy (non-hydrogen) atoms. The molecule has 0 saturated carbocycles. The summed E-state index contributed by atoms with van der Waals surface area (Å²) in [6.07, 6.45) is 5.27. The normalized spacial score (nSPS) is 18.8. The molecule has 0 atom stereocenters. The average molecular weight is 325 g/mol. The highest BCUT2D eigenvalue weighted by Gasteiger charge is 2.42. The summed E-state index contributed by atoms with van der Waals surface area (Å²) < 4.78 is 1.77. The Labute approximate surface area is 139 Å². The second-order valence-corrected chi connectivity index (χ2v) is 6.28. The minimum atomic E-state index is -0.679. The van der Waals surface area contributed by atoms with E-state index in [1.807, 2.05) is 30.5 Å². The van der Waals surface area contributed by atoms with Gasteiger partial charge in [0.15, 0.2) is 0 Å². The largest absolute Gasteiger partial charge is 0.326 e. The zero-order chi connectivity index (χ0) is 16.6. The topological polar surface area (TPSA) is 88.0 Å². The Morgan fingerprint density at radius 1 is 1.29 bits per heavy atom. The van der Waals surface area contributed by atoms with Crippen LogP contribution in [0.15, 0.2) is 36.7 Å². The summed E-state index contributed by atoms with van der Waals surface area (Å²) in [4.78, 5) is 24.5. The summed E-state index contributed by atoms with van der Waals surface area (Å²) in [6, 6.07) is 7.35. The van der Waals surface area contributed by atoms with Crippen LogP contribution in [0.3, 0.4) is 0 Å². The lowest BCUT2D eigenvalue weighted by atomic mass is 9.87. The minimum Gasteiger partial charge on any atom is -0.326 e. The van der Waals surface area contributed by atoms with Crippen LogP contribution in [0, 0.1) is 0 Å². The maximum atomic E-state index is 13.1. The molecule has 1 saturated heterocycles. The van der Waals surface area contributed by atoms with Gasteiger partial charge in [0.25, 0.3) is 5.91 Å². The second-order valence-electron chi connectivity index (χ2n) is 6.28. The predicted octanol–water partition coefficient (Wildman–Crippen LogP) is 1.10. The molecule has 1 aromatic carbocycles. The monoisotopic (exact) mass is 325 g/mol. The van der Waals surface area contributed by atoms with Crippen LogP contribution in [0.4, 0.5) is 11.4 Å². The van der Waals surface area contributed by atoms with E-state index in [0.29, 0.717) is 24.9 Å². The number of fused-ring (bicyclic) bond motifs is 1. The molecule has 124 valence electrons. The van der Waals surface area contributed by atoms with E-state index in [2.05, 4.69) is 21.0 Å². The van der Waals surface area contributed by atoms with Crippen molar-refractivity contribution >= 4 is 23.2 Å². The van der Waals surface area contributed by atoms with Crippen molar-refractivity contribution in [1.82, 2.24) is 15.1 Å². The van der Waals surface area contributed by atoms with Gasteiger partial charge in [-0.3, -0.25) is 14.3 Å². The third kappa shape index (κ3) is 2.46. The number of carbonyl (C=O) groups is 2. The molecule has 2 aromatic rings. The Hall–Kier alpha value is -2.67. The maximum absolute atomic E-state index is 13.1. The lowest BCUT2D eigenvalue weighted by Crippen LogP contribution is -2.52. The van der Waals surface area contributed by atoms with E-state index in [1.54, 1.807) is 10.9 Å². The molecular weight excluding hydrogens is 306 g/mol. The van der Waals surface area contributed by atoms with Crippen molar-refractivity contribution in [3.63, 3.8) is 0 Å². The number of anilines is 2. The number of rotatable bonds is 3. The van der Waals surface area contributed by atoms with Crippen LogP contribution in [0.2, 0.25) is 0 Å². The molecule has 3 N–H and O–H groups in total. The Morgan fingerprint density at radius 3 is 2.88 bits per heavy atom. The van der Waals surface area contributed by atoms with E-state index in [-0.39, 0.29) is 11.8 Å². The van der Waals surface area contributed by atoms with Gasteiger partial charge in [-0.2, -0.15) is 5.10 Å². The Bertz CT molecular complexity index is 778. The van der Waals surface area contributed by atoms with Crippen LogP contribution in [-0.2, 0) is 21.5 Å². The smallest absolute Gasteiger partial charge is 0.252 e. The van der Waals surface area contributed by atoms with Crippen molar-refractivity contribution in [1.29, 1.82) is 0 Å². The van der Waals surface area contributed by atoms with Crippen molar-refractivity contribution < 1.29 is 9.59 Å². The molecule has 2 aliphatic rings. The molecule has 0 bridgehead atoms. The zero-order valence-corrected chi connectivity index (χ0v) is 13.2. The van der Waals surface area contributed by atoms with Crippen molar-refractivity contribution in [3.8, 4) is 0 Å². The van der Waals surface area contributed by atoms with Gasteiger partial charge in [0, 0.05) is 23.8 Å². The highest BCUT2D eigenvalue weighted by Crippen LogP contribution is 2.30. The summed E-state index contributed by atoms with van der Waals surface area (Å²) in [6.45, 7) is 1.55. The number of aromatic nitrogens is 2. The van der Waals surface area contributed by atoms with Crippen LogP contribution in [0.5, 0.6) is 0 Å². The third-order valence-electron chi connectivity index (χ3n) is 4.78. The quantitative estimate of drug-likeness (QED) is 0.788. The van der Waals surface area contributed by atoms with E-state index < -0.39 is 5.54 Å². The van der Waals surface area contributed by atoms with Crippen LogP contribution >= 0.6 is 0 Å². The van der Waals surface area contributed by atoms with Crippen molar-refractivity contribution in [2.45, 2.75) is 24.8 Å². The number of hydrogen-bond acceptors (Lipinski definition) is 4. The Morgan fingerprint density at radius 2 is 2.12 bits per heavy atom. The molecule has 1 aromatic heterocycles. The van der Waals surface area contributed by atoms with Crippen LogP contribution in [-0.4, -0.2) is 34.7 Å². The number of piperidine rings is 1. The van der Waals surface area contributed by atoms with Gasteiger partial charge in [-0.15, -0.1) is 0 Å². The molecule has 7 heteroatoms. The fourth-order valence-electron chi connectivity index (χ4n) is 3.48. The van der Waals surface area contributed by atoms with Crippen molar-refractivity contribution in [2.24, 2.45) is 0 Å². The molecule has 2 amide bonds. The van der Waals surface area contributed by atoms with E-state index in [4.69, 9.17) is 0 Å². The highest BCUT2D eigenvalue weighted by molar-refractivity contribution is 6.01. The average Bonchev–Trinajstić information content (AvgIpc) is 3.24. The molecule has 0 spiro atoms. The fourth-order valence-corrected chi connectivity index (χ4v) is 3.48. The standard InChI is InChI=1S/C17H19N5O2/c23-15-11-12-10-13(2-3-14(12)21-15)20-16(24)17(4-7-18-8-5-17)22-9-1-6-19-22/h1-3,6,9-10,18H,4-5,7-8,11H2,(H,20,24)(H,21,23). The van der Waals surface area contributed by atoms with Crippen molar-refractivity contribution in [3.05, 3.63) is 42.2 Å². The number of nitrogens with one attached hydrogen (secondary N) is 3. The minimum absolute atomic E-state index is 0.0140. The van der Waals surface area contributed by atoms with Gasteiger partial charge in [0.2, 0.25) is 5.91 Å². The fraction of sp³-hybridized carbons (Fsp3) is 0.353. The number of hydrogen-bond donors (Lipinski definition) is 3. The van der Waals surface area contributed by atoms with Gasteiger partial charge in [0.05, 0.1) is 6.42 Å². The third-order valence-corrected chi connectivity index (χ3v) is 4.78. The van der Waals surface area contributed by atoms with E-state index in [1.165, 1.54) is 0 Å². The molecular formula is C17H19N5O2. The predicted molar refractivity (Wildman–Crippen MR) is 89.7 cm³/mol. The van der Waals surface area contributed by atoms with Gasteiger partial charge in [0.1, 0.15) is 5.54 Å². The van der Waals surface area contributed by atoms with Crippen LogP contribution in [0.25, 0.3) is 0 Å². The zero-order valence-electron chi connectivity index (χ0n) is 13.2. The number of benzene rings is 1. The summed E-state index contributed by atoms with van der Waals surface area (Å²) in [7, 11) is 0. The van der Waals surface area contributed by atoms with E-state index >= 15 is 0 Å². The Kier molecular flexibility index (Phi) is 3.57.